The smallest absolute Gasteiger partial charge is 0.0424 e. The Balaban J connectivity index is 2.37. The van der Waals surface area contributed by atoms with Gasteiger partial charge in [-0.2, -0.15) is 0 Å². The fourth-order valence-corrected chi connectivity index (χ4v) is 2.80. The van der Waals surface area contributed by atoms with Gasteiger partial charge in [-0.05, 0) is 17.1 Å². The van der Waals surface area contributed by atoms with Crippen LogP contribution in [0, 0.1) is 0 Å². The van der Waals surface area contributed by atoms with Crippen molar-refractivity contribution in [1.82, 2.24) is 5.32 Å². The number of dihydropyridines is 1. The molecule has 0 atom stereocenters. The molecule has 0 saturated carbocycles. The summed E-state index contributed by atoms with van der Waals surface area (Å²) < 4.78 is 0. The first-order chi connectivity index (χ1) is 4.47. The quantitative estimate of drug-likeness (QED) is 0.539. The highest BCUT2D eigenvalue weighted by Crippen LogP contribution is 2.44. The Morgan fingerprint density at radius 3 is 3.33 bits per heavy atom. The second-order valence-electron chi connectivity index (χ2n) is 1.76. The molecular weight excluding hydrogens is 150 g/mol. The van der Waals surface area contributed by atoms with Crippen LogP contribution in [-0.2, 0) is 0 Å². The van der Waals surface area contributed by atoms with Crippen LogP contribution in [-0.4, -0.2) is 0 Å². The van der Waals surface area contributed by atoms with Crippen molar-refractivity contribution in [2.24, 2.45) is 0 Å². The Labute approximate surface area is 61.7 Å². The lowest BCUT2D eigenvalue weighted by atomic mass is 10.2. The van der Waals surface area contributed by atoms with Crippen LogP contribution in [0.1, 0.15) is 0 Å². The van der Waals surface area contributed by atoms with E-state index in [1.165, 1.54) is 10.5 Å². The summed E-state index contributed by atoms with van der Waals surface area (Å²) in [5, 5.41) is 5.20. The molecular formula is C6H5NS2. The number of rotatable bonds is 0. The van der Waals surface area contributed by atoms with Crippen molar-refractivity contribution in [3.8, 4) is 0 Å². The van der Waals surface area contributed by atoms with Crippen LogP contribution < -0.4 is 5.32 Å². The molecule has 1 nitrogen and oxygen atoms in total. The minimum absolute atomic E-state index is 1.34. The molecule has 0 aliphatic carbocycles. The van der Waals surface area contributed by atoms with Gasteiger partial charge >= 0.3 is 0 Å². The molecule has 0 spiro atoms. The summed E-state index contributed by atoms with van der Waals surface area (Å²) in [5.74, 6) is 0. The average Bonchev–Trinajstić information content (AvgIpc) is 2.33. The van der Waals surface area contributed by atoms with Crippen LogP contribution in [0.5, 0.6) is 0 Å². The fraction of sp³-hybridized carbons (Fsp3) is 0. The third-order valence-electron chi connectivity index (χ3n) is 1.17. The maximum atomic E-state index is 3.04. The molecule has 0 aromatic carbocycles. The third kappa shape index (κ3) is 0.904. The van der Waals surface area contributed by atoms with Crippen molar-refractivity contribution < 1.29 is 0 Å². The Morgan fingerprint density at radius 1 is 1.44 bits per heavy atom. The molecule has 0 aromatic rings. The van der Waals surface area contributed by atoms with Crippen LogP contribution in [0.4, 0.5) is 0 Å². The number of fused-ring (bicyclic) bond motifs is 1. The summed E-state index contributed by atoms with van der Waals surface area (Å²) in [6.07, 6.45) is 6.06. The topological polar surface area (TPSA) is 12.0 Å². The van der Waals surface area contributed by atoms with Gasteiger partial charge in [-0.1, -0.05) is 21.6 Å². The number of hydrogen-bond donors (Lipinski definition) is 1. The van der Waals surface area contributed by atoms with Gasteiger partial charge in [0.25, 0.3) is 0 Å². The van der Waals surface area contributed by atoms with Crippen LogP contribution in [0.15, 0.2) is 34.4 Å². The van der Waals surface area contributed by atoms with E-state index in [4.69, 9.17) is 0 Å². The molecule has 0 aromatic heterocycles. The van der Waals surface area contributed by atoms with Crippen molar-refractivity contribution in [2.45, 2.75) is 0 Å². The molecule has 9 heavy (non-hydrogen) atoms. The molecule has 0 amide bonds. The highest BCUT2D eigenvalue weighted by atomic mass is 33.1. The Morgan fingerprint density at radius 2 is 2.44 bits per heavy atom. The summed E-state index contributed by atoms with van der Waals surface area (Å²) in [7, 11) is 3.57. The minimum Gasteiger partial charge on any atom is -0.367 e. The number of allylic oxidation sites excluding steroid dienone is 2. The molecule has 3 heteroatoms. The van der Waals surface area contributed by atoms with Crippen LogP contribution in [0.2, 0.25) is 0 Å². The monoisotopic (exact) mass is 155 g/mol. The van der Waals surface area contributed by atoms with E-state index in [-0.39, 0.29) is 0 Å². The Kier molecular flexibility index (Phi) is 1.32. The summed E-state index contributed by atoms with van der Waals surface area (Å²) >= 11 is 0. The van der Waals surface area contributed by atoms with Crippen molar-refractivity contribution >= 4 is 21.6 Å². The first-order valence-corrected chi connectivity index (χ1v) is 4.85. The van der Waals surface area contributed by atoms with Crippen molar-refractivity contribution in [1.29, 1.82) is 0 Å². The maximum absolute atomic E-state index is 3.04. The average molecular weight is 155 g/mol. The van der Waals surface area contributed by atoms with E-state index in [0.717, 1.165) is 0 Å². The van der Waals surface area contributed by atoms with E-state index < -0.39 is 0 Å². The zero-order chi connectivity index (χ0) is 6.10. The van der Waals surface area contributed by atoms with Crippen LogP contribution >= 0.6 is 21.6 Å². The highest BCUT2D eigenvalue weighted by Gasteiger charge is 2.11. The molecule has 0 saturated heterocycles. The Hall–Kier alpha value is -0.280. The molecule has 0 bridgehead atoms. The molecule has 46 valence electrons. The maximum Gasteiger partial charge on any atom is 0.0424 e. The zero-order valence-electron chi connectivity index (χ0n) is 4.63. The van der Waals surface area contributed by atoms with Gasteiger partial charge in [0.1, 0.15) is 0 Å². The molecule has 0 fully saturated rings. The van der Waals surface area contributed by atoms with E-state index in [9.17, 15) is 0 Å². The second-order valence-corrected chi connectivity index (χ2v) is 3.87. The SMILES string of the molecule is C1=CC2=CSSC2=CN1. The van der Waals surface area contributed by atoms with Gasteiger partial charge in [-0.3, -0.25) is 0 Å². The molecule has 2 aliphatic heterocycles. The van der Waals surface area contributed by atoms with Gasteiger partial charge in [0.15, 0.2) is 0 Å². The summed E-state index contributed by atoms with van der Waals surface area (Å²) in [5.41, 5.74) is 1.34. The van der Waals surface area contributed by atoms with E-state index in [1.807, 2.05) is 12.4 Å². The van der Waals surface area contributed by atoms with E-state index in [2.05, 4.69) is 16.8 Å². The lowest BCUT2D eigenvalue weighted by molar-refractivity contribution is 1.16. The highest BCUT2D eigenvalue weighted by molar-refractivity contribution is 8.79. The Bertz CT molecular complexity index is 215. The van der Waals surface area contributed by atoms with Crippen molar-refractivity contribution in [2.75, 3.05) is 0 Å². The van der Waals surface area contributed by atoms with Gasteiger partial charge in [0.2, 0.25) is 0 Å². The molecule has 1 N–H and O–H groups in total. The third-order valence-corrected chi connectivity index (χ3v) is 3.27. The van der Waals surface area contributed by atoms with E-state index in [0.29, 0.717) is 0 Å². The normalized spacial score (nSPS) is 22.2. The molecule has 2 rings (SSSR count). The van der Waals surface area contributed by atoms with Crippen molar-refractivity contribution in [3.05, 3.63) is 34.4 Å². The zero-order valence-corrected chi connectivity index (χ0v) is 6.26. The van der Waals surface area contributed by atoms with E-state index >= 15 is 0 Å². The predicted octanol–water partition coefficient (Wildman–Crippen LogP) is 2.22. The fourth-order valence-electron chi connectivity index (χ4n) is 0.724. The van der Waals surface area contributed by atoms with Gasteiger partial charge in [-0.25, -0.2) is 0 Å². The summed E-state index contributed by atoms with van der Waals surface area (Å²) in [6.45, 7) is 0. The number of nitrogens with one attached hydrogen (secondary N) is 1. The summed E-state index contributed by atoms with van der Waals surface area (Å²) in [6, 6.07) is 0. The van der Waals surface area contributed by atoms with Gasteiger partial charge in [-0.15, -0.1) is 0 Å². The summed E-state index contributed by atoms with van der Waals surface area (Å²) in [4.78, 5) is 1.34. The van der Waals surface area contributed by atoms with Gasteiger partial charge in [0, 0.05) is 17.3 Å². The second kappa shape index (κ2) is 2.15. The van der Waals surface area contributed by atoms with Crippen molar-refractivity contribution in [3.63, 3.8) is 0 Å². The molecule has 0 radical (unpaired) electrons. The molecule has 2 aliphatic rings. The lowest BCUT2D eigenvalue weighted by Gasteiger charge is -2.03. The predicted molar refractivity (Wildman–Crippen MR) is 43.6 cm³/mol. The standard InChI is InChI=1S/C6H5NS2/c1-2-7-3-6-5(1)4-8-9-6/h1-4,7H. The van der Waals surface area contributed by atoms with Crippen LogP contribution in [0.25, 0.3) is 0 Å². The largest absolute Gasteiger partial charge is 0.367 e. The van der Waals surface area contributed by atoms with Crippen LogP contribution in [0.3, 0.4) is 0 Å². The number of hydrogen-bond acceptors (Lipinski definition) is 3. The lowest BCUT2D eigenvalue weighted by Crippen LogP contribution is -1.98. The van der Waals surface area contributed by atoms with Gasteiger partial charge < -0.3 is 5.32 Å². The molecule has 0 unspecified atom stereocenters. The minimum atomic E-state index is 1.34. The van der Waals surface area contributed by atoms with E-state index in [1.54, 1.807) is 21.6 Å². The first-order valence-electron chi connectivity index (χ1n) is 2.63. The van der Waals surface area contributed by atoms with Gasteiger partial charge in [0.05, 0.1) is 0 Å². The molecule has 2 heterocycles. The first kappa shape index (κ1) is 5.50.